The summed E-state index contributed by atoms with van der Waals surface area (Å²) in [5.74, 6) is -0.312. The number of amides is 1. The Labute approximate surface area is 132 Å². The summed E-state index contributed by atoms with van der Waals surface area (Å²) in [6, 6.07) is 3.54. The van der Waals surface area contributed by atoms with Gasteiger partial charge < -0.3 is 5.32 Å². The van der Waals surface area contributed by atoms with E-state index in [0.29, 0.717) is 11.2 Å². The fourth-order valence-corrected chi connectivity index (χ4v) is 2.59. The number of hydrogen-bond acceptors (Lipinski definition) is 4. The molecule has 0 radical (unpaired) electrons. The zero-order chi connectivity index (χ0) is 16.6. The maximum atomic E-state index is 12.3. The largest absolute Gasteiger partial charge is 0.349 e. The molecule has 0 aromatic carbocycles. The second-order valence-electron chi connectivity index (χ2n) is 5.30. The molecule has 23 heavy (non-hydrogen) atoms. The van der Waals surface area contributed by atoms with Gasteiger partial charge in [-0.05, 0) is 32.9 Å². The number of aromatic nitrogens is 5. The van der Waals surface area contributed by atoms with Gasteiger partial charge in [0.1, 0.15) is 6.54 Å². The van der Waals surface area contributed by atoms with E-state index in [2.05, 4.69) is 15.5 Å². The van der Waals surface area contributed by atoms with E-state index in [4.69, 9.17) is 0 Å². The standard InChI is InChI=1S/C15H18N6O2/c1-4-20-11(3)14(10(2)18-20)17-13(22)9-21-15(23)19-7-5-6-12(19)8-16-21/h5-8H,4,9H2,1-3H3,(H,17,22). The molecule has 3 aromatic rings. The lowest BCUT2D eigenvalue weighted by Gasteiger charge is -2.07. The van der Waals surface area contributed by atoms with Crippen LogP contribution in [-0.2, 0) is 17.9 Å². The predicted molar refractivity (Wildman–Crippen MR) is 85.5 cm³/mol. The van der Waals surface area contributed by atoms with Gasteiger partial charge in [0.2, 0.25) is 5.91 Å². The minimum atomic E-state index is -0.347. The first kappa shape index (κ1) is 15.0. The quantitative estimate of drug-likeness (QED) is 0.777. The number of anilines is 1. The van der Waals surface area contributed by atoms with Crippen molar-refractivity contribution in [1.29, 1.82) is 0 Å². The van der Waals surface area contributed by atoms with Crippen molar-refractivity contribution in [3.05, 3.63) is 46.4 Å². The van der Waals surface area contributed by atoms with Gasteiger partial charge in [0.25, 0.3) is 0 Å². The van der Waals surface area contributed by atoms with Crippen LogP contribution in [0.5, 0.6) is 0 Å². The molecule has 3 aromatic heterocycles. The first-order chi connectivity index (χ1) is 11.0. The Morgan fingerprint density at radius 1 is 1.30 bits per heavy atom. The van der Waals surface area contributed by atoms with E-state index in [1.165, 1.54) is 4.40 Å². The van der Waals surface area contributed by atoms with Crippen molar-refractivity contribution >= 4 is 17.1 Å². The molecule has 0 aliphatic rings. The second-order valence-corrected chi connectivity index (χ2v) is 5.30. The fourth-order valence-electron chi connectivity index (χ4n) is 2.59. The maximum absolute atomic E-state index is 12.3. The van der Waals surface area contributed by atoms with Gasteiger partial charge in [-0.15, -0.1) is 0 Å². The average molecular weight is 314 g/mol. The van der Waals surface area contributed by atoms with Crippen LogP contribution in [0.4, 0.5) is 5.69 Å². The second kappa shape index (κ2) is 5.71. The first-order valence-corrected chi connectivity index (χ1v) is 7.38. The first-order valence-electron chi connectivity index (χ1n) is 7.38. The maximum Gasteiger partial charge on any atom is 0.349 e. The van der Waals surface area contributed by atoms with E-state index in [0.717, 1.165) is 22.6 Å². The summed E-state index contributed by atoms with van der Waals surface area (Å²) >= 11 is 0. The van der Waals surface area contributed by atoms with Crippen LogP contribution in [0.2, 0.25) is 0 Å². The molecule has 0 aliphatic carbocycles. The number of fused-ring (bicyclic) bond motifs is 1. The van der Waals surface area contributed by atoms with E-state index >= 15 is 0 Å². The van der Waals surface area contributed by atoms with Gasteiger partial charge in [0.15, 0.2) is 0 Å². The number of nitrogens with zero attached hydrogens (tertiary/aromatic N) is 5. The minimum Gasteiger partial charge on any atom is -0.321 e. The highest BCUT2D eigenvalue weighted by Crippen LogP contribution is 2.19. The SMILES string of the molecule is CCn1nc(C)c(NC(=O)Cn2ncc3cccn3c2=O)c1C. The summed E-state index contributed by atoms with van der Waals surface area (Å²) in [5, 5.41) is 11.2. The number of carbonyl (C=O) groups excluding carboxylic acids is 1. The predicted octanol–water partition coefficient (Wildman–Crippen LogP) is 0.968. The van der Waals surface area contributed by atoms with E-state index in [1.807, 2.05) is 25.5 Å². The molecule has 0 bridgehead atoms. The van der Waals surface area contributed by atoms with Crippen LogP contribution in [-0.4, -0.2) is 29.9 Å². The highest BCUT2D eigenvalue weighted by Gasteiger charge is 2.15. The average Bonchev–Trinajstić information content (AvgIpc) is 3.10. The lowest BCUT2D eigenvalue weighted by Crippen LogP contribution is -2.33. The summed E-state index contributed by atoms with van der Waals surface area (Å²) in [4.78, 5) is 24.5. The Hall–Kier alpha value is -2.90. The Morgan fingerprint density at radius 2 is 2.09 bits per heavy atom. The van der Waals surface area contributed by atoms with Gasteiger partial charge in [-0.25, -0.2) is 9.48 Å². The molecule has 1 amide bonds. The Bertz CT molecular complexity index is 933. The highest BCUT2D eigenvalue weighted by molar-refractivity contribution is 5.91. The smallest absolute Gasteiger partial charge is 0.321 e. The van der Waals surface area contributed by atoms with E-state index in [1.54, 1.807) is 24.5 Å². The van der Waals surface area contributed by atoms with Crippen LogP contribution in [0.1, 0.15) is 18.3 Å². The van der Waals surface area contributed by atoms with Crippen molar-refractivity contribution in [2.75, 3.05) is 5.32 Å². The highest BCUT2D eigenvalue weighted by atomic mass is 16.2. The van der Waals surface area contributed by atoms with Gasteiger partial charge >= 0.3 is 5.69 Å². The molecule has 0 saturated carbocycles. The van der Waals surface area contributed by atoms with Crippen LogP contribution in [0, 0.1) is 13.8 Å². The molecule has 3 rings (SSSR count). The number of hydrogen-bond donors (Lipinski definition) is 1. The van der Waals surface area contributed by atoms with E-state index in [9.17, 15) is 9.59 Å². The lowest BCUT2D eigenvalue weighted by atomic mass is 10.3. The Kier molecular flexibility index (Phi) is 3.73. The number of aryl methyl sites for hydroxylation is 2. The van der Waals surface area contributed by atoms with Crippen molar-refractivity contribution in [1.82, 2.24) is 24.0 Å². The van der Waals surface area contributed by atoms with Crippen LogP contribution < -0.4 is 11.0 Å². The molecule has 1 N–H and O–H groups in total. The normalized spacial score (nSPS) is 11.1. The van der Waals surface area contributed by atoms with Crippen molar-refractivity contribution < 1.29 is 4.79 Å². The minimum absolute atomic E-state index is 0.150. The third kappa shape index (κ3) is 2.63. The third-order valence-corrected chi connectivity index (χ3v) is 3.78. The summed E-state index contributed by atoms with van der Waals surface area (Å²) in [6.07, 6.45) is 3.20. The number of nitrogens with one attached hydrogen (secondary N) is 1. The molecule has 0 unspecified atom stereocenters. The Morgan fingerprint density at radius 3 is 2.78 bits per heavy atom. The monoisotopic (exact) mass is 314 g/mol. The molecule has 3 heterocycles. The molecule has 0 atom stereocenters. The number of rotatable bonds is 4. The zero-order valence-corrected chi connectivity index (χ0v) is 13.3. The van der Waals surface area contributed by atoms with Gasteiger partial charge in [-0.2, -0.15) is 10.2 Å². The molecule has 120 valence electrons. The molecule has 0 fully saturated rings. The molecule has 8 heteroatoms. The van der Waals surface area contributed by atoms with Gasteiger partial charge in [0.05, 0.1) is 28.8 Å². The third-order valence-electron chi connectivity index (χ3n) is 3.78. The fraction of sp³-hybridized carbons (Fsp3) is 0.333. The number of carbonyl (C=O) groups is 1. The van der Waals surface area contributed by atoms with Gasteiger partial charge in [0, 0.05) is 12.7 Å². The summed E-state index contributed by atoms with van der Waals surface area (Å²) in [6.45, 7) is 6.30. The molecular weight excluding hydrogens is 296 g/mol. The van der Waals surface area contributed by atoms with Crippen LogP contribution >= 0.6 is 0 Å². The summed E-state index contributed by atoms with van der Waals surface area (Å²) < 4.78 is 4.41. The van der Waals surface area contributed by atoms with Gasteiger partial charge in [-0.1, -0.05) is 0 Å². The van der Waals surface area contributed by atoms with Crippen LogP contribution in [0.25, 0.3) is 5.52 Å². The van der Waals surface area contributed by atoms with Crippen molar-refractivity contribution in [3.63, 3.8) is 0 Å². The van der Waals surface area contributed by atoms with Crippen LogP contribution in [0.3, 0.4) is 0 Å². The van der Waals surface area contributed by atoms with Gasteiger partial charge in [-0.3, -0.25) is 13.9 Å². The zero-order valence-electron chi connectivity index (χ0n) is 13.3. The summed E-state index contributed by atoms with van der Waals surface area (Å²) in [7, 11) is 0. The van der Waals surface area contributed by atoms with Crippen molar-refractivity contribution in [2.24, 2.45) is 0 Å². The molecule has 8 nitrogen and oxygen atoms in total. The Balaban J connectivity index is 1.83. The van der Waals surface area contributed by atoms with E-state index < -0.39 is 0 Å². The molecule has 0 saturated heterocycles. The molecule has 0 aliphatic heterocycles. The molecular formula is C15H18N6O2. The summed E-state index contributed by atoms with van der Waals surface area (Å²) in [5.41, 5.74) is 2.67. The van der Waals surface area contributed by atoms with E-state index in [-0.39, 0.29) is 18.1 Å². The topological polar surface area (TPSA) is 86.2 Å². The van der Waals surface area contributed by atoms with Crippen molar-refractivity contribution in [3.8, 4) is 0 Å². The van der Waals surface area contributed by atoms with Crippen molar-refractivity contribution in [2.45, 2.75) is 33.9 Å². The lowest BCUT2D eigenvalue weighted by molar-refractivity contribution is -0.117. The molecule has 0 spiro atoms. The van der Waals surface area contributed by atoms with Crippen LogP contribution in [0.15, 0.2) is 29.3 Å².